The van der Waals surface area contributed by atoms with Crippen LogP contribution in [0.5, 0.6) is 0 Å². The molecule has 23 heavy (non-hydrogen) atoms. The second-order valence-electron chi connectivity index (χ2n) is 4.63. The smallest absolute Gasteiger partial charge is 0.338 e. The first-order chi connectivity index (χ1) is 11.0. The number of ketones is 1. The molecular weight excluding hydrogens is 302 g/mol. The molecule has 0 radical (unpaired) electrons. The van der Waals surface area contributed by atoms with Gasteiger partial charge in [0, 0.05) is 18.1 Å². The van der Waals surface area contributed by atoms with Gasteiger partial charge < -0.3 is 9.47 Å². The van der Waals surface area contributed by atoms with Gasteiger partial charge in [0.25, 0.3) is 0 Å². The maximum atomic E-state index is 12.1. The van der Waals surface area contributed by atoms with E-state index in [-0.39, 0.29) is 36.5 Å². The first-order valence-electron chi connectivity index (χ1n) is 6.90. The largest absolute Gasteiger partial charge is 0.459 e. The SMILES string of the molecule is C=CC(=O)OCCOC(=O)c1ccccc1C(=O)CC(C)N=O. The average Bonchev–Trinajstić information content (AvgIpc) is 2.57. The number of carbonyl (C=O) groups excluding carboxylic acids is 3. The zero-order valence-corrected chi connectivity index (χ0v) is 12.7. The van der Waals surface area contributed by atoms with E-state index in [1.54, 1.807) is 12.1 Å². The molecule has 0 bridgehead atoms. The van der Waals surface area contributed by atoms with Crippen LogP contribution in [-0.2, 0) is 14.3 Å². The van der Waals surface area contributed by atoms with E-state index in [9.17, 15) is 19.3 Å². The highest BCUT2D eigenvalue weighted by molar-refractivity contribution is 6.06. The lowest BCUT2D eigenvalue weighted by atomic mass is 9.99. The van der Waals surface area contributed by atoms with E-state index < -0.39 is 18.0 Å². The van der Waals surface area contributed by atoms with Gasteiger partial charge in [-0.3, -0.25) is 4.79 Å². The Morgan fingerprint density at radius 3 is 2.39 bits per heavy atom. The highest BCUT2D eigenvalue weighted by atomic mass is 16.6. The summed E-state index contributed by atoms with van der Waals surface area (Å²) < 4.78 is 9.63. The van der Waals surface area contributed by atoms with Crippen molar-refractivity contribution in [2.45, 2.75) is 19.4 Å². The second kappa shape index (κ2) is 9.24. The molecule has 0 amide bonds. The summed E-state index contributed by atoms with van der Waals surface area (Å²) in [6.07, 6.45) is 0.906. The topological polar surface area (TPSA) is 99.1 Å². The van der Waals surface area contributed by atoms with Gasteiger partial charge in [0.15, 0.2) is 5.78 Å². The summed E-state index contributed by atoms with van der Waals surface area (Å²) in [6.45, 7) is 4.49. The molecule has 0 saturated heterocycles. The number of hydrogen-bond acceptors (Lipinski definition) is 7. The van der Waals surface area contributed by atoms with Crippen LogP contribution in [0.15, 0.2) is 42.1 Å². The van der Waals surface area contributed by atoms with Crippen molar-refractivity contribution in [3.8, 4) is 0 Å². The van der Waals surface area contributed by atoms with Crippen LogP contribution >= 0.6 is 0 Å². The average molecular weight is 319 g/mol. The molecule has 1 atom stereocenters. The lowest BCUT2D eigenvalue weighted by Crippen LogP contribution is -2.17. The molecule has 1 unspecified atom stereocenters. The number of nitrogens with zero attached hydrogens (tertiary/aromatic N) is 1. The molecule has 1 rings (SSSR count). The summed E-state index contributed by atoms with van der Waals surface area (Å²) in [5.41, 5.74) is 0.252. The van der Waals surface area contributed by atoms with E-state index in [2.05, 4.69) is 16.5 Å². The summed E-state index contributed by atoms with van der Waals surface area (Å²) in [4.78, 5) is 45.4. The standard InChI is InChI=1S/C16H17NO6/c1-3-15(19)22-8-9-23-16(20)13-7-5-4-6-12(13)14(18)10-11(2)17-21/h3-7,11H,1,8-10H2,2H3. The number of hydrogen-bond donors (Lipinski definition) is 0. The third-order valence-corrected chi connectivity index (χ3v) is 2.84. The lowest BCUT2D eigenvalue weighted by molar-refractivity contribution is -0.138. The Balaban J connectivity index is 2.70. The van der Waals surface area contributed by atoms with Gasteiger partial charge >= 0.3 is 11.9 Å². The van der Waals surface area contributed by atoms with Gasteiger partial charge in [-0.2, -0.15) is 4.91 Å². The van der Waals surface area contributed by atoms with Crippen molar-refractivity contribution in [1.82, 2.24) is 0 Å². The lowest BCUT2D eigenvalue weighted by Gasteiger charge is -2.09. The van der Waals surface area contributed by atoms with Crippen LogP contribution in [0.2, 0.25) is 0 Å². The number of esters is 2. The molecule has 0 aliphatic carbocycles. The van der Waals surface area contributed by atoms with Crippen LogP contribution in [0.25, 0.3) is 0 Å². The monoisotopic (exact) mass is 319 g/mol. The molecule has 7 nitrogen and oxygen atoms in total. The second-order valence-corrected chi connectivity index (χ2v) is 4.63. The Kier molecular flexibility index (Phi) is 7.32. The normalized spacial score (nSPS) is 11.2. The van der Waals surface area contributed by atoms with Crippen molar-refractivity contribution < 1.29 is 23.9 Å². The zero-order valence-electron chi connectivity index (χ0n) is 12.7. The molecule has 0 fully saturated rings. The number of Topliss-reactive ketones (excluding diaryl/α,β-unsaturated/α-hetero) is 1. The first-order valence-corrected chi connectivity index (χ1v) is 6.90. The van der Waals surface area contributed by atoms with Gasteiger partial charge in [-0.15, -0.1) is 0 Å². The highest BCUT2D eigenvalue weighted by Crippen LogP contribution is 2.14. The van der Waals surface area contributed by atoms with E-state index >= 15 is 0 Å². The fourth-order valence-electron chi connectivity index (χ4n) is 1.73. The fourth-order valence-corrected chi connectivity index (χ4v) is 1.73. The number of nitroso groups, excluding NO2 is 1. The van der Waals surface area contributed by atoms with E-state index in [1.165, 1.54) is 19.1 Å². The Morgan fingerprint density at radius 1 is 1.17 bits per heavy atom. The fraction of sp³-hybridized carbons (Fsp3) is 0.312. The molecular formula is C16H17NO6. The first kappa shape index (κ1) is 18.2. The summed E-state index contributed by atoms with van der Waals surface area (Å²) in [6, 6.07) is 5.45. The molecule has 1 aromatic rings. The Hall–Kier alpha value is -2.83. The predicted molar refractivity (Wildman–Crippen MR) is 82.1 cm³/mol. The molecule has 0 aromatic heterocycles. The molecule has 1 aromatic carbocycles. The zero-order chi connectivity index (χ0) is 17.2. The molecule has 7 heteroatoms. The Bertz CT molecular complexity index is 610. The predicted octanol–water partition coefficient (Wildman–Crippen LogP) is 2.30. The van der Waals surface area contributed by atoms with Gasteiger partial charge in [-0.25, -0.2) is 9.59 Å². The van der Waals surface area contributed by atoms with Gasteiger partial charge in [0.05, 0.1) is 11.6 Å². The summed E-state index contributed by atoms with van der Waals surface area (Å²) in [5, 5.41) is 2.77. The van der Waals surface area contributed by atoms with Gasteiger partial charge in [-0.05, 0) is 13.0 Å². The number of ether oxygens (including phenoxy) is 2. The van der Waals surface area contributed by atoms with E-state index in [4.69, 9.17) is 4.74 Å². The van der Waals surface area contributed by atoms with Crippen LogP contribution in [-0.4, -0.2) is 37.0 Å². The molecule has 122 valence electrons. The highest BCUT2D eigenvalue weighted by Gasteiger charge is 2.19. The van der Waals surface area contributed by atoms with Crippen molar-refractivity contribution in [1.29, 1.82) is 0 Å². The van der Waals surface area contributed by atoms with Gasteiger partial charge in [0.1, 0.15) is 13.2 Å². The van der Waals surface area contributed by atoms with Crippen LogP contribution in [0.4, 0.5) is 0 Å². The van der Waals surface area contributed by atoms with E-state index in [0.29, 0.717) is 0 Å². The summed E-state index contributed by atoms with van der Waals surface area (Å²) in [7, 11) is 0. The van der Waals surface area contributed by atoms with Gasteiger partial charge in [-0.1, -0.05) is 30.0 Å². The van der Waals surface area contributed by atoms with Crippen molar-refractivity contribution in [2.24, 2.45) is 5.18 Å². The minimum absolute atomic E-state index is 0.0886. The maximum absolute atomic E-state index is 12.1. The summed E-state index contributed by atoms with van der Waals surface area (Å²) in [5.74, 6) is -1.70. The quantitative estimate of drug-likeness (QED) is 0.228. The van der Waals surface area contributed by atoms with Crippen LogP contribution < -0.4 is 0 Å². The molecule has 0 N–H and O–H groups in total. The van der Waals surface area contributed by atoms with Crippen LogP contribution in [0, 0.1) is 4.91 Å². The third-order valence-electron chi connectivity index (χ3n) is 2.84. The Morgan fingerprint density at radius 2 is 1.78 bits per heavy atom. The molecule has 0 heterocycles. The molecule has 0 aliphatic heterocycles. The number of benzene rings is 1. The minimum Gasteiger partial charge on any atom is -0.459 e. The van der Waals surface area contributed by atoms with Crippen molar-refractivity contribution in [3.63, 3.8) is 0 Å². The van der Waals surface area contributed by atoms with E-state index in [0.717, 1.165) is 6.08 Å². The van der Waals surface area contributed by atoms with Crippen LogP contribution in [0.1, 0.15) is 34.1 Å². The van der Waals surface area contributed by atoms with Crippen molar-refractivity contribution >= 4 is 17.7 Å². The van der Waals surface area contributed by atoms with Crippen molar-refractivity contribution in [2.75, 3.05) is 13.2 Å². The molecule has 0 saturated carbocycles. The minimum atomic E-state index is -0.713. The summed E-state index contributed by atoms with van der Waals surface area (Å²) >= 11 is 0. The molecule has 0 spiro atoms. The van der Waals surface area contributed by atoms with Crippen LogP contribution in [0.3, 0.4) is 0 Å². The maximum Gasteiger partial charge on any atom is 0.338 e. The van der Waals surface area contributed by atoms with E-state index in [1.807, 2.05) is 0 Å². The Labute approximate surface area is 133 Å². The number of carbonyl (C=O) groups is 3. The van der Waals surface area contributed by atoms with Crippen molar-refractivity contribution in [3.05, 3.63) is 53.0 Å². The third kappa shape index (κ3) is 5.82. The van der Waals surface area contributed by atoms with Gasteiger partial charge in [0.2, 0.25) is 0 Å². The number of rotatable bonds is 9. The molecule has 0 aliphatic rings.